The number of nitrogens with zero attached hydrogens (tertiary/aromatic N) is 3. The standard InChI is InChI=1S/C17H22N4OS/c1-18-16-11-19-15(10-20-16)9-13-3-2-6-21(7-4-13)17(22)14-5-8-23-12-14/h5,8,10-13H,2-4,6-7,9H2,1H3,(H,18,20)/t13-/m1/s1. The second-order valence-corrected chi connectivity index (χ2v) is 6.73. The van der Waals surface area contributed by atoms with E-state index < -0.39 is 0 Å². The molecular formula is C17H22N4OS. The maximum Gasteiger partial charge on any atom is 0.254 e. The van der Waals surface area contributed by atoms with Crippen LogP contribution in [-0.4, -0.2) is 40.9 Å². The van der Waals surface area contributed by atoms with Crippen LogP contribution in [0.2, 0.25) is 0 Å². The molecule has 1 fully saturated rings. The van der Waals surface area contributed by atoms with Crippen LogP contribution in [-0.2, 0) is 6.42 Å². The van der Waals surface area contributed by atoms with Gasteiger partial charge in [-0.15, -0.1) is 0 Å². The molecule has 2 aromatic rings. The van der Waals surface area contributed by atoms with Crippen LogP contribution >= 0.6 is 11.3 Å². The molecule has 0 radical (unpaired) electrons. The maximum atomic E-state index is 12.5. The number of anilines is 1. The summed E-state index contributed by atoms with van der Waals surface area (Å²) in [6, 6.07) is 1.91. The maximum absolute atomic E-state index is 12.5. The molecule has 0 aliphatic carbocycles. The van der Waals surface area contributed by atoms with Crippen molar-refractivity contribution in [3.8, 4) is 0 Å². The highest BCUT2D eigenvalue weighted by atomic mass is 32.1. The Bertz CT molecular complexity index is 627. The Labute approximate surface area is 140 Å². The molecule has 0 spiro atoms. The number of hydrogen-bond acceptors (Lipinski definition) is 5. The van der Waals surface area contributed by atoms with Crippen LogP contribution in [0.4, 0.5) is 5.82 Å². The van der Waals surface area contributed by atoms with Crippen molar-refractivity contribution in [1.29, 1.82) is 0 Å². The zero-order valence-corrected chi connectivity index (χ0v) is 14.2. The van der Waals surface area contributed by atoms with E-state index in [1.807, 2.05) is 35.0 Å². The normalized spacial score (nSPS) is 18.5. The molecule has 122 valence electrons. The summed E-state index contributed by atoms with van der Waals surface area (Å²) in [6.07, 6.45) is 7.80. The first kappa shape index (κ1) is 15.9. The number of nitrogens with one attached hydrogen (secondary N) is 1. The van der Waals surface area contributed by atoms with Gasteiger partial charge in [0.25, 0.3) is 5.91 Å². The van der Waals surface area contributed by atoms with Gasteiger partial charge in [-0.05, 0) is 43.0 Å². The molecule has 1 saturated heterocycles. The van der Waals surface area contributed by atoms with E-state index in [-0.39, 0.29) is 5.91 Å². The van der Waals surface area contributed by atoms with Crippen LogP contribution in [0, 0.1) is 5.92 Å². The average molecular weight is 330 g/mol. The van der Waals surface area contributed by atoms with E-state index in [0.29, 0.717) is 5.92 Å². The molecule has 6 heteroatoms. The Hall–Kier alpha value is -1.95. The zero-order valence-electron chi connectivity index (χ0n) is 13.4. The summed E-state index contributed by atoms with van der Waals surface area (Å²) in [6.45, 7) is 1.69. The molecule has 1 amide bonds. The second-order valence-electron chi connectivity index (χ2n) is 5.95. The molecule has 0 bridgehead atoms. The van der Waals surface area contributed by atoms with Crippen molar-refractivity contribution in [3.63, 3.8) is 0 Å². The minimum Gasteiger partial charge on any atom is -0.372 e. The van der Waals surface area contributed by atoms with Crippen molar-refractivity contribution < 1.29 is 4.79 Å². The molecule has 1 N–H and O–H groups in total. The highest BCUT2D eigenvalue weighted by Crippen LogP contribution is 2.22. The molecule has 0 saturated carbocycles. The van der Waals surface area contributed by atoms with Crippen LogP contribution in [0.1, 0.15) is 35.3 Å². The van der Waals surface area contributed by atoms with Crippen LogP contribution in [0.3, 0.4) is 0 Å². The van der Waals surface area contributed by atoms with Gasteiger partial charge >= 0.3 is 0 Å². The van der Waals surface area contributed by atoms with Crippen LogP contribution in [0.5, 0.6) is 0 Å². The van der Waals surface area contributed by atoms with Gasteiger partial charge in [0.05, 0.1) is 23.7 Å². The molecular weight excluding hydrogens is 308 g/mol. The lowest BCUT2D eigenvalue weighted by Crippen LogP contribution is -2.31. The molecule has 1 aliphatic heterocycles. The third-order valence-corrected chi connectivity index (χ3v) is 5.05. The molecule has 0 aromatic carbocycles. The van der Waals surface area contributed by atoms with E-state index >= 15 is 0 Å². The van der Waals surface area contributed by atoms with Gasteiger partial charge in [0, 0.05) is 25.5 Å². The van der Waals surface area contributed by atoms with E-state index in [4.69, 9.17) is 0 Å². The minimum absolute atomic E-state index is 0.171. The third kappa shape index (κ3) is 4.07. The summed E-state index contributed by atoms with van der Waals surface area (Å²) >= 11 is 1.57. The van der Waals surface area contributed by atoms with E-state index in [9.17, 15) is 4.79 Å². The van der Waals surface area contributed by atoms with Gasteiger partial charge in [-0.3, -0.25) is 9.78 Å². The predicted molar refractivity (Wildman–Crippen MR) is 92.8 cm³/mol. The minimum atomic E-state index is 0.171. The van der Waals surface area contributed by atoms with Crippen molar-refractivity contribution in [3.05, 3.63) is 40.5 Å². The highest BCUT2D eigenvalue weighted by Gasteiger charge is 2.22. The Morgan fingerprint density at radius 1 is 1.35 bits per heavy atom. The fraction of sp³-hybridized carbons (Fsp3) is 0.471. The van der Waals surface area contributed by atoms with Crippen molar-refractivity contribution >= 4 is 23.1 Å². The Kier molecular flexibility index (Phi) is 5.23. The summed E-state index contributed by atoms with van der Waals surface area (Å²) in [5, 5.41) is 6.88. The van der Waals surface area contributed by atoms with Gasteiger partial charge in [-0.25, -0.2) is 4.98 Å². The monoisotopic (exact) mass is 330 g/mol. The molecule has 3 heterocycles. The topological polar surface area (TPSA) is 58.1 Å². The summed E-state index contributed by atoms with van der Waals surface area (Å²) in [7, 11) is 1.84. The lowest BCUT2D eigenvalue weighted by atomic mass is 9.95. The fourth-order valence-electron chi connectivity index (χ4n) is 3.03. The van der Waals surface area contributed by atoms with Crippen molar-refractivity contribution in [1.82, 2.24) is 14.9 Å². The molecule has 1 aliphatic rings. The zero-order chi connectivity index (χ0) is 16.1. The van der Waals surface area contributed by atoms with Gasteiger partial charge in [-0.1, -0.05) is 0 Å². The summed E-state index contributed by atoms with van der Waals surface area (Å²) in [4.78, 5) is 23.2. The molecule has 23 heavy (non-hydrogen) atoms. The third-order valence-electron chi connectivity index (χ3n) is 4.36. The average Bonchev–Trinajstić information content (AvgIpc) is 3.02. The van der Waals surface area contributed by atoms with E-state index in [0.717, 1.165) is 55.8 Å². The summed E-state index contributed by atoms with van der Waals surface area (Å²) in [5.74, 6) is 1.54. The molecule has 2 aromatic heterocycles. The number of likely N-dealkylation sites (tertiary alicyclic amines) is 1. The lowest BCUT2D eigenvalue weighted by molar-refractivity contribution is 0.0760. The lowest BCUT2D eigenvalue weighted by Gasteiger charge is -2.20. The Morgan fingerprint density at radius 2 is 2.26 bits per heavy atom. The highest BCUT2D eigenvalue weighted by molar-refractivity contribution is 7.08. The van der Waals surface area contributed by atoms with Crippen molar-refractivity contribution in [2.24, 2.45) is 5.92 Å². The predicted octanol–water partition coefficient (Wildman–Crippen LogP) is 3.06. The SMILES string of the molecule is CNc1cnc(C[C@@H]2CCCN(C(=O)c3ccsc3)CC2)cn1. The molecule has 3 rings (SSSR count). The van der Waals surface area contributed by atoms with Crippen LogP contribution in [0.25, 0.3) is 0 Å². The number of rotatable bonds is 4. The van der Waals surface area contributed by atoms with Gasteiger partial charge in [0.1, 0.15) is 5.82 Å². The summed E-state index contributed by atoms with van der Waals surface area (Å²) in [5.41, 5.74) is 1.86. The summed E-state index contributed by atoms with van der Waals surface area (Å²) < 4.78 is 0. The number of carbonyl (C=O) groups excluding carboxylic acids is 1. The van der Waals surface area contributed by atoms with Crippen molar-refractivity contribution in [2.45, 2.75) is 25.7 Å². The number of hydrogen-bond donors (Lipinski definition) is 1. The van der Waals surface area contributed by atoms with Gasteiger partial charge in [0.15, 0.2) is 0 Å². The number of aromatic nitrogens is 2. The molecule has 0 unspecified atom stereocenters. The largest absolute Gasteiger partial charge is 0.372 e. The van der Waals surface area contributed by atoms with Crippen LogP contribution < -0.4 is 5.32 Å². The quantitative estimate of drug-likeness (QED) is 0.936. The fourth-order valence-corrected chi connectivity index (χ4v) is 3.66. The Morgan fingerprint density at radius 3 is 2.96 bits per heavy atom. The first-order chi connectivity index (χ1) is 11.3. The van der Waals surface area contributed by atoms with Gasteiger partial charge in [-0.2, -0.15) is 11.3 Å². The number of amides is 1. The van der Waals surface area contributed by atoms with E-state index in [1.54, 1.807) is 17.5 Å². The van der Waals surface area contributed by atoms with Gasteiger partial charge in [0.2, 0.25) is 0 Å². The molecule has 1 atom stereocenters. The smallest absolute Gasteiger partial charge is 0.254 e. The van der Waals surface area contributed by atoms with Gasteiger partial charge < -0.3 is 10.2 Å². The number of thiophene rings is 1. The van der Waals surface area contributed by atoms with Crippen molar-refractivity contribution in [2.75, 3.05) is 25.5 Å². The molecule has 5 nitrogen and oxygen atoms in total. The second kappa shape index (κ2) is 7.55. The Balaban J connectivity index is 1.56. The first-order valence-corrected chi connectivity index (χ1v) is 9.00. The van der Waals surface area contributed by atoms with E-state index in [1.165, 1.54) is 0 Å². The van der Waals surface area contributed by atoms with Crippen LogP contribution in [0.15, 0.2) is 29.2 Å². The first-order valence-electron chi connectivity index (χ1n) is 8.06. The van der Waals surface area contributed by atoms with E-state index in [2.05, 4.69) is 15.3 Å². The number of carbonyl (C=O) groups is 1.